The summed E-state index contributed by atoms with van der Waals surface area (Å²) in [4.78, 5) is 14.5. The highest BCUT2D eigenvalue weighted by Gasteiger charge is 2.44. The van der Waals surface area contributed by atoms with Crippen molar-refractivity contribution in [2.75, 3.05) is 33.7 Å². The number of likely N-dealkylation sites (tertiary alicyclic amines) is 1. The third-order valence-electron chi connectivity index (χ3n) is 4.23. The Morgan fingerprint density at radius 1 is 1.55 bits per heavy atom. The fourth-order valence-corrected chi connectivity index (χ4v) is 3.08. The molecule has 1 saturated heterocycles. The third-order valence-corrected chi connectivity index (χ3v) is 4.23. The molecule has 1 fully saturated rings. The highest BCUT2D eigenvalue weighted by atomic mass is 16.4. The predicted octanol–water partition coefficient (Wildman–Crippen LogP) is 1.31. The van der Waals surface area contributed by atoms with Crippen molar-refractivity contribution in [2.24, 2.45) is 5.92 Å². The molecule has 0 saturated carbocycles. The van der Waals surface area contributed by atoms with Gasteiger partial charge in [-0.3, -0.25) is 0 Å². The number of nitrogens with zero attached hydrogens (tertiary/aromatic N) is 3. The second-order valence-corrected chi connectivity index (χ2v) is 6.05. The first-order chi connectivity index (χ1) is 10.4. The SMILES string of the molecule is CN(C)C[C@H]1CN(C(=O)O)CC[C@]1(O)c1cccc(C#N)c1. The van der Waals surface area contributed by atoms with E-state index in [4.69, 9.17) is 5.26 Å². The van der Waals surface area contributed by atoms with Crippen molar-refractivity contribution in [3.05, 3.63) is 35.4 Å². The van der Waals surface area contributed by atoms with Crippen molar-refractivity contribution >= 4 is 6.09 Å². The molecule has 1 amide bonds. The summed E-state index contributed by atoms with van der Waals surface area (Å²) in [5, 5.41) is 29.5. The molecule has 22 heavy (non-hydrogen) atoms. The highest BCUT2D eigenvalue weighted by molar-refractivity contribution is 5.65. The van der Waals surface area contributed by atoms with Crippen LogP contribution in [0.4, 0.5) is 4.79 Å². The van der Waals surface area contributed by atoms with Crippen molar-refractivity contribution < 1.29 is 15.0 Å². The minimum Gasteiger partial charge on any atom is -0.465 e. The average molecular weight is 303 g/mol. The van der Waals surface area contributed by atoms with Gasteiger partial charge in [-0.2, -0.15) is 5.26 Å². The number of benzene rings is 1. The summed E-state index contributed by atoms with van der Waals surface area (Å²) in [5.41, 5.74) is 0.0573. The fraction of sp³-hybridized carbons (Fsp3) is 0.500. The van der Waals surface area contributed by atoms with E-state index in [1.165, 1.54) is 4.90 Å². The molecule has 0 bridgehead atoms. The van der Waals surface area contributed by atoms with Crippen LogP contribution in [-0.4, -0.2) is 59.8 Å². The van der Waals surface area contributed by atoms with Gasteiger partial charge in [-0.25, -0.2) is 4.79 Å². The van der Waals surface area contributed by atoms with Gasteiger partial charge in [0.25, 0.3) is 0 Å². The summed E-state index contributed by atoms with van der Waals surface area (Å²) in [6.07, 6.45) is -0.635. The molecule has 0 spiro atoms. The molecule has 2 rings (SSSR count). The molecule has 2 N–H and O–H groups in total. The standard InChI is InChI=1S/C16H21N3O3/c1-18(2)10-14-11-19(15(20)21)7-6-16(14,22)13-5-3-4-12(8-13)9-17/h3-5,8,14,22H,6-7,10-11H2,1-2H3,(H,20,21)/t14-,16-/m0/s1. The van der Waals surface area contributed by atoms with E-state index in [0.29, 0.717) is 24.1 Å². The summed E-state index contributed by atoms with van der Waals surface area (Å²) in [5.74, 6) is -0.249. The number of piperidine rings is 1. The van der Waals surface area contributed by atoms with E-state index < -0.39 is 11.7 Å². The largest absolute Gasteiger partial charge is 0.465 e. The van der Waals surface area contributed by atoms with E-state index in [1.807, 2.05) is 19.0 Å². The molecule has 1 aromatic rings. The Bertz CT molecular complexity index is 597. The van der Waals surface area contributed by atoms with Crippen LogP contribution in [0.15, 0.2) is 24.3 Å². The van der Waals surface area contributed by atoms with Crippen molar-refractivity contribution in [1.29, 1.82) is 5.26 Å². The Kier molecular flexibility index (Phi) is 4.69. The Balaban J connectivity index is 2.36. The van der Waals surface area contributed by atoms with Gasteiger partial charge in [0, 0.05) is 25.6 Å². The molecule has 6 heteroatoms. The van der Waals surface area contributed by atoms with E-state index >= 15 is 0 Å². The highest BCUT2D eigenvalue weighted by Crippen LogP contribution is 2.38. The molecular weight excluding hydrogens is 282 g/mol. The van der Waals surface area contributed by atoms with Crippen molar-refractivity contribution in [1.82, 2.24) is 9.80 Å². The average Bonchev–Trinajstić information content (AvgIpc) is 2.49. The molecule has 1 aliphatic heterocycles. The number of nitriles is 1. The van der Waals surface area contributed by atoms with Crippen molar-refractivity contribution in [3.8, 4) is 6.07 Å². The van der Waals surface area contributed by atoms with Crippen LogP contribution in [0.5, 0.6) is 0 Å². The van der Waals surface area contributed by atoms with Crippen LogP contribution in [0.2, 0.25) is 0 Å². The lowest BCUT2D eigenvalue weighted by Crippen LogP contribution is -2.54. The molecule has 6 nitrogen and oxygen atoms in total. The molecule has 1 heterocycles. The smallest absolute Gasteiger partial charge is 0.407 e. The molecular formula is C16H21N3O3. The number of carbonyl (C=O) groups is 1. The normalized spacial score (nSPS) is 25.0. The Morgan fingerprint density at radius 2 is 2.27 bits per heavy atom. The maximum absolute atomic E-state index is 11.2. The van der Waals surface area contributed by atoms with E-state index in [-0.39, 0.29) is 19.0 Å². The summed E-state index contributed by atoms with van der Waals surface area (Å²) in [6, 6.07) is 9.03. The lowest BCUT2D eigenvalue weighted by Gasteiger charge is -2.45. The molecule has 1 aliphatic rings. The topological polar surface area (TPSA) is 87.8 Å². The molecule has 0 radical (unpaired) electrons. The zero-order valence-electron chi connectivity index (χ0n) is 12.9. The predicted molar refractivity (Wildman–Crippen MR) is 81.3 cm³/mol. The monoisotopic (exact) mass is 303 g/mol. The van der Waals surface area contributed by atoms with Gasteiger partial charge in [-0.15, -0.1) is 0 Å². The van der Waals surface area contributed by atoms with E-state index in [2.05, 4.69) is 6.07 Å². The number of rotatable bonds is 3. The first kappa shape index (κ1) is 16.3. The fourth-order valence-electron chi connectivity index (χ4n) is 3.08. The quantitative estimate of drug-likeness (QED) is 0.879. The van der Waals surface area contributed by atoms with Gasteiger partial charge >= 0.3 is 6.09 Å². The third kappa shape index (κ3) is 3.21. The van der Waals surface area contributed by atoms with Crippen LogP contribution in [0.25, 0.3) is 0 Å². The second-order valence-electron chi connectivity index (χ2n) is 6.05. The lowest BCUT2D eigenvalue weighted by atomic mass is 9.75. The molecule has 118 valence electrons. The van der Waals surface area contributed by atoms with Crippen LogP contribution < -0.4 is 0 Å². The number of carboxylic acid groups (broad SMARTS) is 1. The molecule has 1 aromatic carbocycles. The van der Waals surface area contributed by atoms with Crippen LogP contribution in [0.1, 0.15) is 17.5 Å². The van der Waals surface area contributed by atoms with Gasteiger partial charge in [0.05, 0.1) is 17.2 Å². The first-order valence-electron chi connectivity index (χ1n) is 7.22. The first-order valence-corrected chi connectivity index (χ1v) is 7.22. The summed E-state index contributed by atoms with van der Waals surface area (Å²) in [6.45, 7) is 1.13. The van der Waals surface area contributed by atoms with Crippen molar-refractivity contribution in [3.63, 3.8) is 0 Å². The van der Waals surface area contributed by atoms with Gasteiger partial charge in [-0.1, -0.05) is 12.1 Å². The lowest BCUT2D eigenvalue weighted by molar-refractivity contribution is -0.0789. The molecule has 2 atom stereocenters. The second kappa shape index (κ2) is 6.34. The Hall–Kier alpha value is -2.10. The van der Waals surface area contributed by atoms with Gasteiger partial charge in [0.1, 0.15) is 0 Å². The van der Waals surface area contributed by atoms with E-state index in [1.54, 1.807) is 24.3 Å². The van der Waals surface area contributed by atoms with Gasteiger partial charge in [0.2, 0.25) is 0 Å². The molecule has 0 unspecified atom stereocenters. The summed E-state index contributed by atoms with van der Waals surface area (Å²) >= 11 is 0. The maximum Gasteiger partial charge on any atom is 0.407 e. The minimum atomic E-state index is -1.12. The zero-order valence-corrected chi connectivity index (χ0v) is 12.9. The summed E-state index contributed by atoms with van der Waals surface area (Å²) in [7, 11) is 3.79. The molecule has 0 aromatic heterocycles. The minimum absolute atomic E-state index is 0.249. The van der Waals surface area contributed by atoms with Crippen LogP contribution in [0.3, 0.4) is 0 Å². The maximum atomic E-state index is 11.2. The van der Waals surface area contributed by atoms with E-state index in [0.717, 1.165) is 0 Å². The molecule has 0 aliphatic carbocycles. The van der Waals surface area contributed by atoms with E-state index in [9.17, 15) is 15.0 Å². The van der Waals surface area contributed by atoms with Crippen LogP contribution >= 0.6 is 0 Å². The number of hydrogen-bond donors (Lipinski definition) is 2. The van der Waals surface area contributed by atoms with Gasteiger partial charge in [-0.05, 0) is 38.2 Å². The van der Waals surface area contributed by atoms with Gasteiger partial charge < -0.3 is 20.0 Å². The number of amides is 1. The number of hydrogen-bond acceptors (Lipinski definition) is 4. The zero-order chi connectivity index (χ0) is 16.3. The Morgan fingerprint density at radius 3 is 2.86 bits per heavy atom. The van der Waals surface area contributed by atoms with Gasteiger partial charge in [0.15, 0.2) is 0 Å². The number of aliphatic hydroxyl groups is 1. The Labute approximate surface area is 130 Å². The van der Waals surface area contributed by atoms with Crippen molar-refractivity contribution in [2.45, 2.75) is 12.0 Å². The summed E-state index contributed by atoms with van der Waals surface area (Å²) < 4.78 is 0. The van der Waals surface area contributed by atoms with Crippen LogP contribution in [-0.2, 0) is 5.60 Å². The van der Waals surface area contributed by atoms with Crippen LogP contribution in [0, 0.1) is 17.2 Å².